The van der Waals surface area contributed by atoms with Crippen LogP contribution in [0, 0.1) is 24.0 Å². The zero-order chi connectivity index (χ0) is 20.4. The minimum atomic E-state index is -3.57. The number of anilines is 1. The molecule has 146 valence electrons. The van der Waals surface area contributed by atoms with Gasteiger partial charge in [0.25, 0.3) is 5.69 Å². The lowest BCUT2D eigenvalue weighted by Gasteiger charge is -2.17. The number of nitro groups is 1. The molecule has 2 aromatic rings. The quantitative estimate of drug-likeness (QED) is 0.573. The zero-order valence-corrected chi connectivity index (χ0v) is 16.8. The van der Waals surface area contributed by atoms with Crippen molar-refractivity contribution < 1.29 is 18.1 Å². The fourth-order valence-electron chi connectivity index (χ4n) is 2.58. The molecule has 0 spiro atoms. The molecule has 8 nitrogen and oxygen atoms in total. The van der Waals surface area contributed by atoms with Crippen LogP contribution in [0.5, 0.6) is 5.75 Å². The number of nitro benzene ring substituents is 1. The van der Waals surface area contributed by atoms with E-state index in [9.17, 15) is 18.5 Å². The topological polar surface area (TPSA) is 102 Å². The molecule has 2 aromatic carbocycles. The van der Waals surface area contributed by atoms with E-state index in [0.29, 0.717) is 17.0 Å². The van der Waals surface area contributed by atoms with Gasteiger partial charge in [-0.05, 0) is 43.2 Å². The maximum atomic E-state index is 12.4. The van der Waals surface area contributed by atoms with E-state index in [-0.39, 0.29) is 17.1 Å². The Balaban J connectivity index is 2.40. The lowest BCUT2D eigenvalue weighted by atomic mass is 10.1. The SMILES string of the molecule is COc1ccc([N+](=O)[O-])cc1CNc1cc(S(=O)(=O)N(C)C)cc(C)c1C. The molecule has 1 N–H and O–H groups in total. The summed E-state index contributed by atoms with van der Waals surface area (Å²) in [5.74, 6) is 0.513. The molecule has 0 saturated heterocycles. The van der Waals surface area contributed by atoms with Gasteiger partial charge in [0, 0.05) is 44.0 Å². The van der Waals surface area contributed by atoms with E-state index in [1.807, 2.05) is 13.8 Å². The molecule has 0 heterocycles. The van der Waals surface area contributed by atoms with Crippen LogP contribution in [0.25, 0.3) is 0 Å². The highest BCUT2D eigenvalue weighted by Crippen LogP contribution is 2.28. The molecule has 0 aliphatic rings. The molecule has 27 heavy (non-hydrogen) atoms. The summed E-state index contributed by atoms with van der Waals surface area (Å²) in [5, 5.41) is 14.2. The number of rotatable bonds is 7. The summed E-state index contributed by atoms with van der Waals surface area (Å²) >= 11 is 0. The second-order valence-electron chi connectivity index (χ2n) is 6.31. The van der Waals surface area contributed by atoms with Gasteiger partial charge < -0.3 is 10.1 Å². The van der Waals surface area contributed by atoms with Crippen molar-refractivity contribution in [3.63, 3.8) is 0 Å². The number of non-ortho nitro benzene ring substituents is 1. The van der Waals surface area contributed by atoms with Crippen LogP contribution in [-0.4, -0.2) is 38.9 Å². The van der Waals surface area contributed by atoms with Gasteiger partial charge in [0.2, 0.25) is 10.0 Å². The third-order valence-electron chi connectivity index (χ3n) is 4.36. The first-order chi connectivity index (χ1) is 12.6. The second kappa shape index (κ2) is 7.93. The van der Waals surface area contributed by atoms with Crippen molar-refractivity contribution in [1.82, 2.24) is 4.31 Å². The first-order valence-electron chi connectivity index (χ1n) is 8.17. The summed E-state index contributed by atoms with van der Waals surface area (Å²) in [6.07, 6.45) is 0. The lowest BCUT2D eigenvalue weighted by Crippen LogP contribution is -2.22. The van der Waals surface area contributed by atoms with Crippen LogP contribution in [0.2, 0.25) is 0 Å². The van der Waals surface area contributed by atoms with Gasteiger partial charge >= 0.3 is 0 Å². The second-order valence-corrected chi connectivity index (χ2v) is 8.46. The predicted molar refractivity (Wildman–Crippen MR) is 104 cm³/mol. The molecule has 0 saturated carbocycles. The number of hydrogen-bond donors (Lipinski definition) is 1. The van der Waals surface area contributed by atoms with Gasteiger partial charge in [-0.1, -0.05) is 0 Å². The van der Waals surface area contributed by atoms with Crippen molar-refractivity contribution in [2.24, 2.45) is 0 Å². The summed E-state index contributed by atoms with van der Waals surface area (Å²) in [4.78, 5) is 10.7. The molecule has 0 fully saturated rings. The van der Waals surface area contributed by atoms with E-state index in [2.05, 4.69) is 5.32 Å². The average Bonchev–Trinajstić information content (AvgIpc) is 2.62. The number of nitrogens with zero attached hydrogens (tertiary/aromatic N) is 2. The Bertz CT molecular complexity index is 971. The van der Waals surface area contributed by atoms with E-state index in [4.69, 9.17) is 4.74 Å². The molecule has 0 amide bonds. The molecule has 0 atom stereocenters. The number of methoxy groups -OCH3 is 1. The number of benzene rings is 2. The monoisotopic (exact) mass is 393 g/mol. The number of ether oxygens (including phenoxy) is 1. The summed E-state index contributed by atoms with van der Waals surface area (Å²) in [6, 6.07) is 7.56. The van der Waals surface area contributed by atoms with Crippen LogP contribution in [0.4, 0.5) is 11.4 Å². The van der Waals surface area contributed by atoms with E-state index in [0.717, 1.165) is 15.4 Å². The Morgan fingerprint density at radius 2 is 1.85 bits per heavy atom. The molecule has 0 bridgehead atoms. The van der Waals surface area contributed by atoms with Crippen molar-refractivity contribution in [3.8, 4) is 5.75 Å². The summed E-state index contributed by atoms with van der Waals surface area (Å²) in [7, 11) is 0.873. The highest BCUT2D eigenvalue weighted by Gasteiger charge is 2.20. The Morgan fingerprint density at radius 3 is 2.41 bits per heavy atom. The largest absolute Gasteiger partial charge is 0.496 e. The summed E-state index contributed by atoms with van der Waals surface area (Å²) < 4.78 is 31.3. The van der Waals surface area contributed by atoms with E-state index >= 15 is 0 Å². The molecular weight excluding hydrogens is 370 g/mol. The minimum Gasteiger partial charge on any atom is -0.496 e. The highest BCUT2D eigenvalue weighted by molar-refractivity contribution is 7.89. The van der Waals surface area contributed by atoms with Gasteiger partial charge in [-0.15, -0.1) is 0 Å². The van der Waals surface area contributed by atoms with Crippen LogP contribution in [0.15, 0.2) is 35.2 Å². The van der Waals surface area contributed by atoms with Crippen molar-refractivity contribution in [1.29, 1.82) is 0 Å². The fourth-order valence-corrected chi connectivity index (χ4v) is 3.59. The minimum absolute atomic E-state index is 0.0376. The third kappa shape index (κ3) is 4.37. The predicted octanol–water partition coefficient (Wildman–Crippen LogP) is 3.08. The Morgan fingerprint density at radius 1 is 1.19 bits per heavy atom. The molecule has 9 heteroatoms. The Kier molecular flexibility index (Phi) is 6.07. The van der Waals surface area contributed by atoms with E-state index < -0.39 is 14.9 Å². The smallest absolute Gasteiger partial charge is 0.270 e. The molecule has 0 aliphatic carbocycles. The van der Waals surface area contributed by atoms with Crippen LogP contribution in [0.3, 0.4) is 0 Å². The number of aryl methyl sites for hydroxylation is 1. The van der Waals surface area contributed by atoms with Gasteiger partial charge in [0.1, 0.15) is 5.75 Å². The van der Waals surface area contributed by atoms with Gasteiger partial charge in [-0.2, -0.15) is 0 Å². The summed E-state index contributed by atoms with van der Waals surface area (Å²) in [6.45, 7) is 3.97. The number of hydrogen-bond acceptors (Lipinski definition) is 6. The summed E-state index contributed by atoms with van der Waals surface area (Å²) in [5.41, 5.74) is 2.93. The molecule has 2 rings (SSSR count). The molecular formula is C18H23N3O5S. The Labute approximate surface area is 159 Å². The molecule has 0 aromatic heterocycles. The maximum absolute atomic E-state index is 12.4. The average molecular weight is 393 g/mol. The van der Waals surface area contributed by atoms with Gasteiger partial charge in [0.15, 0.2) is 0 Å². The van der Waals surface area contributed by atoms with E-state index in [1.165, 1.54) is 33.3 Å². The fraction of sp³-hybridized carbons (Fsp3) is 0.333. The first kappa shape index (κ1) is 20.7. The van der Waals surface area contributed by atoms with Crippen molar-refractivity contribution in [2.75, 3.05) is 26.5 Å². The van der Waals surface area contributed by atoms with Crippen molar-refractivity contribution in [2.45, 2.75) is 25.3 Å². The first-order valence-corrected chi connectivity index (χ1v) is 9.61. The van der Waals surface area contributed by atoms with Crippen molar-refractivity contribution >= 4 is 21.4 Å². The molecule has 0 aliphatic heterocycles. The lowest BCUT2D eigenvalue weighted by molar-refractivity contribution is -0.384. The van der Waals surface area contributed by atoms with Crippen LogP contribution in [-0.2, 0) is 16.6 Å². The molecule has 0 unspecified atom stereocenters. The molecule has 0 radical (unpaired) electrons. The standard InChI is InChI=1S/C18H23N3O5S/c1-12-8-16(27(24,25)20(3)4)10-17(13(12)2)19-11-14-9-15(21(22)23)6-7-18(14)26-5/h6-10,19H,11H2,1-5H3. The zero-order valence-electron chi connectivity index (χ0n) is 15.9. The van der Waals surface area contributed by atoms with Gasteiger partial charge in [0.05, 0.1) is 16.9 Å². The third-order valence-corrected chi connectivity index (χ3v) is 6.16. The van der Waals surface area contributed by atoms with Crippen LogP contribution < -0.4 is 10.1 Å². The van der Waals surface area contributed by atoms with Crippen LogP contribution >= 0.6 is 0 Å². The van der Waals surface area contributed by atoms with Crippen LogP contribution in [0.1, 0.15) is 16.7 Å². The normalized spacial score (nSPS) is 11.5. The Hall–Kier alpha value is -2.65. The van der Waals surface area contributed by atoms with E-state index in [1.54, 1.807) is 18.2 Å². The van der Waals surface area contributed by atoms with Crippen molar-refractivity contribution in [3.05, 3.63) is 57.1 Å². The van der Waals surface area contributed by atoms with Gasteiger partial charge in [-0.25, -0.2) is 12.7 Å². The number of sulfonamides is 1. The maximum Gasteiger partial charge on any atom is 0.270 e. The number of nitrogens with one attached hydrogen (secondary N) is 1. The van der Waals surface area contributed by atoms with Gasteiger partial charge in [-0.3, -0.25) is 10.1 Å². The highest BCUT2D eigenvalue weighted by atomic mass is 32.2.